The number of ether oxygens (including phenoxy) is 1. The number of fused-ring (bicyclic) bond motifs is 4. The van der Waals surface area contributed by atoms with Crippen molar-refractivity contribution >= 4 is 40.8 Å². The lowest BCUT2D eigenvalue weighted by Gasteiger charge is -2.27. The number of Topliss-reactive ketones (excluding diaryl/α,β-unsaturated/α-hetero) is 1. The van der Waals surface area contributed by atoms with Gasteiger partial charge in [-0.05, 0) is 42.3 Å². The van der Waals surface area contributed by atoms with E-state index in [1.165, 1.54) is 11.6 Å². The molecule has 0 fully saturated rings. The van der Waals surface area contributed by atoms with Crippen LogP contribution in [0.1, 0.15) is 37.4 Å². The van der Waals surface area contributed by atoms with E-state index in [4.69, 9.17) is 9.73 Å². The van der Waals surface area contributed by atoms with Crippen molar-refractivity contribution in [2.45, 2.75) is 6.92 Å². The number of carbonyl (C=O) groups is 4. The van der Waals surface area contributed by atoms with Crippen molar-refractivity contribution in [3.8, 4) is 5.75 Å². The first-order valence-electron chi connectivity index (χ1n) is 12.0. The van der Waals surface area contributed by atoms with Crippen LogP contribution in [0, 0.1) is 12.8 Å². The molecule has 1 unspecified atom stereocenters. The average Bonchev–Trinajstić information content (AvgIpc) is 3.21. The molecule has 0 saturated heterocycles. The lowest BCUT2D eigenvalue weighted by molar-refractivity contribution is -0.403. The van der Waals surface area contributed by atoms with Gasteiger partial charge >= 0.3 is 17.9 Å². The molecule has 1 aliphatic carbocycles. The number of esters is 1. The second-order valence-electron chi connectivity index (χ2n) is 9.44. The molecular weight excluding hydrogens is 482 g/mol. The van der Waals surface area contributed by atoms with Crippen molar-refractivity contribution in [2.24, 2.45) is 10.9 Å². The summed E-state index contributed by atoms with van der Waals surface area (Å²) in [5.74, 6) is -1.45. The molecule has 0 bridgehead atoms. The van der Waals surface area contributed by atoms with Crippen LogP contribution < -0.4 is 4.74 Å². The molecule has 6 rings (SSSR count). The average molecular weight is 505 g/mol. The van der Waals surface area contributed by atoms with Crippen LogP contribution in [-0.4, -0.2) is 58.8 Å². The van der Waals surface area contributed by atoms with E-state index in [0.717, 1.165) is 10.5 Å². The molecule has 3 aromatic carbocycles. The highest BCUT2D eigenvalue weighted by atomic mass is 16.5. The van der Waals surface area contributed by atoms with Gasteiger partial charge in [-0.3, -0.25) is 4.79 Å². The summed E-state index contributed by atoms with van der Waals surface area (Å²) in [6, 6.07) is 20.4. The predicted octanol–water partition coefficient (Wildman–Crippen LogP) is 3.92. The largest absolute Gasteiger partial charge is 0.445 e. The normalized spacial score (nSPS) is 18.3. The fourth-order valence-electron chi connectivity index (χ4n) is 5.16. The third-order valence-electron chi connectivity index (χ3n) is 7.05. The zero-order valence-electron chi connectivity index (χ0n) is 20.9. The van der Waals surface area contributed by atoms with Gasteiger partial charge in [0, 0.05) is 11.1 Å². The maximum absolute atomic E-state index is 13.6. The lowest BCUT2D eigenvalue weighted by Crippen LogP contribution is -2.49. The first kappa shape index (κ1) is 23.4. The van der Waals surface area contributed by atoms with Crippen LogP contribution in [0.15, 0.2) is 83.4 Å². The number of hydrogen-bond donors (Lipinski definition) is 0. The number of hydrogen-bond acceptors (Lipinski definition) is 6. The third kappa shape index (κ3) is 3.45. The van der Waals surface area contributed by atoms with Gasteiger partial charge in [-0.1, -0.05) is 54.1 Å². The second kappa shape index (κ2) is 8.55. The molecule has 0 N–H and O–H groups in total. The minimum absolute atomic E-state index is 0.161. The van der Waals surface area contributed by atoms with Gasteiger partial charge in [0.25, 0.3) is 5.84 Å². The van der Waals surface area contributed by atoms with Crippen molar-refractivity contribution in [3.05, 3.63) is 106 Å². The number of aliphatic imine (C=N–C) groups is 1. The third-order valence-corrected chi connectivity index (χ3v) is 7.05. The van der Waals surface area contributed by atoms with Gasteiger partial charge < -0.3 is 4.74 Å². The summed E-state index contributed by atoms with van der Waals surface area (Å²) in [6.45, 7) is 1.89. The summed E-state index contributed by atoms with van der Waals surface area (Å²) in [5, 5.41) is 0. The monoisotopic (exact) mass is 504 g/mol. The van der Waals surface area contributed by atoms with Gasteiger partial charge in [0.15, 0.2) is 5.78 Å². The quantitative estimate of drug-likeness (QED) is 0.306. The maximum atomic E-state index is 13.6. The standard InChI is InChI=1S/C30H22N3O5/c1-16-7-6-8-18(15-16)29(36)38-19-13-11-17(12-14-19)22-23-25(20-9-4-5-10-21(20)26(23)34)31-27-24(22)28(35)33(3)30(37)32(27)2/h4-15,23H,1-3H3/q+1. The van der Waals surface area contributed by atoms with Crippen molar-refractivity contribution in [1.29, 1.82) is 0 Å². The first-order valence-corrected chi connectivity index (χ1v) is 12.0. The van der Waals surface area contributed by atoms with Crippen LogP contribution in [0.5, 0.6) is 5.75 Å². The van der Waals surface area contributed by atoms with Crippen LogP contribution in [0.3, 0.4) is 0 Å². The van der Waals surface area contributed by atoms with Crippen molar-refractivity contribution in [1.82, 2.24) is 4.90 Å². The highest BCUT2D eigenvalue weighted by Gasteiger charge is 2.52. The Morgan fingerprint density at radius 3 is 2.37 bits per heavy atom. The van der Waals surface area contributed by atoms with Gasteiger partial charge in [0.1, 0.15) is 23.0 Å². The summed E-state index contributed by atoms with van der Waals surface area (Å²) in [7, 11) is 2.96. The number of amidine groups is 1. The van der Waals surface area contributed by atoms with Crippen LogP contribution in [0.4, 0.5) is 4.79 Å². The van der Waals surface area contributed by atoms with Crippen LogP contribution in [0.25, 0.3) is 5.57 Å². The summed E-state index contributed by atoms with van der Waals surface area (Å²) in [6.07, 6.45) is 0. The highest BCUT2D eigenvalue weighted by molar-refractivity contribution is 6.43. The molecule has 186 valence electrons. The number of dihydropyridines is 1. The molecule has 8 nitrogen and oxygen atoms in total. The van der Waals surface area contributed by atoms with E-state index >= 15 is 0 Å². The molecule has 3 amide bonds. The van der Waals surface area contributed by atoms with Crippen molar-refractivity contribution in [2.75, 3.05) is 14.1 Å². The zero-order chi connectivity index (χ0) is 26.7. The van der Waals surface area contributed by atoms with Gasteiger partial charge in [-0.15, -0.1) is 4.99 Å². The van der Waals surface area contributed by atoms with Crippen molar-refractivity contribution < 1.29 is 28.5 Å². The SMILES string of the molecule is Cc1cccc(C(=O)Oc2ccc(C3=C4C(=O)N(C)C(=O)[N+](C)=C4N=C4c5ccccc5C(=O)C43)cc2)c1. The maximum Gasteiger partial charge on any atom is 0.445 e. The number of imide groups is 1. The molecule has 0 spiro atoms. The second-order valence-corrected chi connectivity index (χ2v) is 9.44. The fourth-order valence-corrected chi connectivity index (χ4v) is 5.16. The molecule has 0 saturated carbocycles. The molecular formula is C30H22N3O5+. The van der Waals surface area contributed by atoms with E-state index < -0.39 is 23.8 Å². The van der Waals surface area contributed by atoms with E-state index in [1.54, 1.807) is 61.6 Å². The van der Waals surface area contributed by atoms with Crippen molar-refractivity contribution in [3.63, 3.8) is 0 Å². The van der Waals surface area contributed by atoms with E-state index in [9.17, 15) is 19.2 Å². The Kier molecular flexibility index (Phi) is 5.27. The number of rotatable bonds is 3. The Balaban J connectivity index is 1.46. The number of benzene rings is 3. The van der Waals surface area contributed by atoms with E-state index in [2.05, 4.69) is 0 Å². The first-order chi connectivity index (χ1) is 18.3. The van der Waals surface area contributed by atoms with Crippen LogP contribution in [0.2, 0.25) is 0 Å². The molecule has 8 heteroatoms. The molecule has 3 aliphatic rings. The molecule has 2 heterocycles. The van der Waals surface area contributed by atoms with E-state index in [1.807, 2.05) is 25.1 Å². The Hall–Kier alpha value is -4.98. The number of nitrogens with zero attached hydrogens (tertiary/aromatic N) is 3. The number of aryl methyl sites for hydroxylation is 1. The Bertz CT molecular complexity index is 1690. The smallest absolute Gasteiger partial charge is 0.423 e. The molecule has 38 heavy (non-hydrogen) atoms. The predicted molar refractivity (Wildman–Crippen MR) is 140 cm³/mol. The lowest BCUT2D eigenvalue weighted by atomic mass is 9.81. The fraction of sp³-hybridized carbons (Fsp3) is 0.133. The minimum atomic E-state index is -0.800. The van der Waals surface area contributed by atoms with Crippen LogP contribution >= 0.6 is 0 Å². The van der Waals surface area contributed by atoms with Gasteiger partial charge in [-0.2, -0.15) is 9.48 Å². The summed E-state index contributed by atoms with van der Waals surface area (Å²) < 4.78 is 6.88. The van der Waals surface area contributed by atoms with Gasteiger partial charge in [0.05, 0.1) is 19.7 Å². The topological polar surface area (TPSA) is 96.1 Å². The van der Waals surface area contributed by atoms with Gasteiger partial charge in [0.2, 0.25) is 0 Å². The Morgan fingerprint density at radius 2 is 1.66 bits per heavy atom. The summed E-state index contributed by atoms with van der Waals surface area (Å²) >= 11 is 0. The molecule has 2 aliphatic heterocycles. The number of carbonyl (C=O) groups excluding carboxylic acids is 4. The zero-order valence-corrected chi connectivity index (χ0v) is 20.9. The van der Waals surface area contributed by atoms with Gasteiger partial charge in [-0.25, -0.2) is 14.4 Å². The molecule has 3 aromatic rings. The molecule has 1 atom stereocenters. The Morgan fingerprint density at radius 1 is 0.947 bits per heavy atom. The van der Waals surface area contributed by atoms with E-state index in [-0.39, 0.29) is 17.2 Å². The Labute approximate surface area is 218 Å². The number of urea groups is 1. The number of likely N-dealkylation sites (N-methyl/N-ethyl adjacent to an activating group) is 1. The number of ketones is 1. The molecule has 0 aromatic heterocycles. The number of amides is 3. The highest BCUT2D eigenvalue weighted by Crippen LogP contribution is 2.43. The summed E-state index contributed by atoms with van der Waals surface area (Å²) in [4.78, 5) is 58.1. The number of allylic oxidation sites excluding steroid dienone is 1. The van der Waals surface area contributed by atoms with E-state index in [0.29, 0.717) is 39.3 Å². The summed E-state index contributed by atoms with van der Waals surface area (Å²) in [5.41, 5.74) is 4.35. The van der Waals surface area contributed by atoms with Crippen LogP contribution in [-0.2, 0) is 4.79 Å². The minimum Gasteiger partial charge on any atom is -0.423 e. The molecule has 0 radical (unpaired) electrons.